The molecule has 0 spiro atoms. The number of nitrogens with one attached hydrogen (secondary N) is 1. The highest BCUT2D eigenvalue weighted by atomic mass is 79.9. The van der Waals surface area contributed by atoms with Crippen molar-refractivity contribution in [1.82, 2.24) is 9.97 Å². The molecular weight excluding hydrogens is 350 g/mol. The van der Waals surface area contributed by atoms with E-state index in [1.807, 2.05) is 0 Å². The van der Waals surface area contributed by atoms with Crippen molar-refractivity contribution in [1.29, 1.82) is 0 Å². The summed E-state index contributed by atoms with van der Waals surface area (Å²) in [5, 5.41) is 2.68. The number of aromatic nitrogens is 2. The van der Waals surface area contributed by atoms with Gasteiger partial charge < -0.3 is 5.32 Å². The summed E-state index contributed by atoms with van der Waals surface area (Å²) in [7, 11) is 0. The highest BCUT2D eigenvalue weighted by Gasteiger charge is 2.07. The molecule has 1 heterocycles. The van der Waals surface area contributed by atoms with E-state index in [4.69, 9.17) is 6.42 Å². The molecule has 1 amide bonds. The van der Waals surface area contributed by atoms with Gasteiger partial charge in [0.05, 0.1) is 6.20 Å². The average molecular weight is 361 g/mol. The Kier molecular flexibility index (Phi) is 6.16. The number of carbonyl (C=O) groups excluding carboxylic acids is 1. The van der Waals surface area contributed by atoms with E-state index in [0.29, 0.717) is 27.9 Å². The van der Waals surface area contributed by atoms with Crippen molar-refractivity contribution < 1.29 is 4.79 Å². The number of carbonyl (C=O) groups is 1. The Morgan fingerprint density at radius 2 is 2.24 bits per heavy atom. The molecule has 17 heavy (non-hydrogen) atoms. The van der Waals surface area contributed by atoms with Crippen LogP contribution in [0.1, 0.15) is 25.7 Å². The van der Waals surface area contributed by atoms with Crippen LogP contribution in [0, 0.1) is 12.3 Å². The topological polar surface area (TPSA) is 54.9 Å². The zero-order valence-corrected chi connectivity index (χ0v) is 12.2. The van der Waals surface area contributed by atoms with Gasteiger partial charge in [0.1, 0.15) is 9.21 Å². The highest BCUT2D eigenvalue weighted by molar-refractivity contribution is 9.11. The van der Waals surface area contributed by atoms with Gasteiger partial charge in [-0.2, -0.15) is 0 Å². The van der Waals surface area contributed by atoms with Gasteiger partial charge in [0, 0.05) is 12.8 Å². The van der Waals surface area contributed by atoms with E-state index in [9.17, 15) is 4.79 Å². The molecule has 0 atom stereocenters. The normalized spacial score (nSPS) is 9.71. The van der Waals surface area contributed by atoms with Gasteiger partial charge >= 0.3 is 0 Å². The van der Waals surface area contributed by atoms with Gasteiger partial charge in [0.25, 0.3) is 0 Å². The monoisotopic (exact) mass is 359 g/mol. The van der Waals surface area contributed by atoms with Crippen molar-refractivity contribution in [3.63, 3.8) is 0 Å². The van der Waals surface area contributed by atoms with Crippen LogP contribution in [0.2, 0.25) is 0 Å². The van der Waals surface area contributed by atoms with E-state index >= 15 is 0 Å². The molecule has 6 heteroatoms. The predicted octanol–water partition coefficient (Wildman–Crippen LogP) is 3.13. The molecule has 0 saturated carbocycles. The summed E-state index contributed by atoms with van der Waals surface area (Å²) in [6.45, 7) is 0. The Balaban J connectivity index is 2.43. The highest BCUT2D eigenvalue weighted by Crippen LogP contribution is 2.19. The van der Waals surface area contributed by atoms with E-state index in [1.165, 1.54) is 6.20 Å². The Bertz CT molecular complexity index is 443. The summed E-state index contributed by atoms with van der Waals surface area (Å²) in [6, 6.07) is 0. The third kappa shape index (κ3) is 5.29. The van der Waals surface area contributed by atoms with Gasteiger partial charge in [0.2, 0.25) is 5.91 Å². The lowest BCUT2D eigenvalue weighted by atomic mass is 10.2. The molecule has 0 radical (unpaired) electrons. The number of hydrogen-bond donors (Lipinski definition) is 1. The first kappa shape index (κ1) is 14.1. The molecule has 0 aromatic carbocycles. The van der Waals surface area contributed by atoms with Crippen LogP contribution in [0.4, 0.5) is 5.82 Å². The molecule has 0 unspecified atom stereocenters. The molecule has 0 saturated heterocycles. The standard InChI is InChI=1S/C11H11Br2N3O/c1-2-3-4-5-6-9(17)16-11-10(13)15-8(12)7-14-11/h1,7H,3-6H2,(H,14,16,17). The summed E-state index contributed by atoms with van der Waals surface area (Å²) in [5.74, 6) is 2.88. The maximum Gasteiger partial charge on any atom is 0.225 e. The van der Waals surface area contributed by atoms with Crippen LogP contribution in [0.25, 0.3) is 0 Å². The number of halogens is 2. The van der Waals surface area contributed by atoms with E-state index in [-0.39, 0.29) is 5.91 Å². The Labute approximate surface area is 117 Å². The summed E-state index contributed by atoms with van der Waals surface area (Å²) >= 11 is 6.41. The maximum absolute atomic E-state index is 11.5. The van der Waals surface area contributed by atoms with Gasteiger partial charge in [-0.3, -0.25) is 4.79 Å². The first-order valence-corrected chi connectivity index (χ1v) is 6.63. The van der Waals surface area contributed by atoms with Gasteiger partial charge in [-0.25, -0.2) is 9.97 Å². The number of nitrogens with zero attached hydrogens (tertiary/aromatic N) is 2. The molecule has 0 bridgehead atoms. The van der Waals surface area contributed by atoms with Gasteiger partial charge in [-0.05, 0) is 44.7 Å². The third-order valence-corrected chi connectivity index (χ3v) is 2.87. The zero-order chi connectivity index (χ0) is 12.7. The van der Waals surface area contributed by atoms with Crippen LogP contribution < -0.4 is 5.32 Å². The van der Waals surface area contributed by atoms with Crippen LogP contribution in [-0.2, 0) is 4.79 Å². The summed E-state index contributed by atoms with van der Waals surface area (Å²) in [5.41, 5.74) is 0. The molecule has 1 aromatic rings. The molecule has 1 rings (SSSR count). The minimum absolute atomic E-state index is 0.0839. The Morgan fingerprint density at radius 3 is 2.88 bits per heavy atom. The Morgan fingerprint density at radius 1 is 1.47 bits per heavy atom. The number of hydrogen-bond acceptors (Lipinski definition) is 3. The van der Waals surface area contributed by atoms with E-state index in [2.05, 4.69) is 53.1 Å². The smallest absolute Gasteiger partial charge is 0.225 e. The molecule has 1 aromatic heterocycles. The fourth-order valence-electron chi connectivity index (χ4n) is 1.14. The number of anilines is 1. The first-order valence-electron chi connectivity index (χ1n) is 5.05. The van der Waals surface area contributed by atoms with Crippen LogP contribution in [0.5, 0.6) is 0 Å². The fraction of sp³-hybridized carbons (Fsp3) is 0.364. The summed E-state index contributed by atoms with van der Waals surface area (Å²) in [4.78, 5) is 19.7. The number of amides is 1. The lowest BCUT2D eigenvalue weighted by Gasteiger charge is -2.05. The third-order valence-electron chi connectivity index (χ3n) is 1.93. The number of rotatable bonds is 5. The average Bonchev–Trinajstić information content (AvgIpc) is 2.28. The van der Waals surface area contributed by atoms with Gasteiger partial charge in [-0.15, -0.1) is 12.3 Å². The number of terminal acetylenes is 1. The van der Waals surface area contributed by atoms with Gasteiger partial charge in [0.15, 0.2) is 5.82 Å². The molecule has 0 aliphatic rings. The zero-order valence-electron chi connectivity index (χ0n) is 9.04. The van der Waals surface area contributed by atoms with Crippen LogP contribution >= 0.6 is 31.9 Å². The number of unbranched alkanes of at least 4 members (excludes halogenated alkanes) is 2. The summed E-state index contributed by atoms with van der Waals surface area (Å²) < 4.78 is 1.11. The van der Waals surface area contributed by atoms with Crippen molar-refractivity contribution in [3.8, 4) is 12.3 Å². The second-order valence-corrected chi connectivity index (χ2v) is 4.86. The second kappa shape index (κ2) is 7.41. The lowest BCUT2D eigenvalue weighted by Crippen LogP contribution is -2.13. The SMILES string of the molecule is C#CCCCCC(=O)Nc1ncc(Br)nc1Br. The lowest BCUT2D eigenvalue weighted by molar-refractivity contribution is -0.116. The van der Waals surface area contributed by atoms with Crippen molar-refractivity contribution in [2.75, 3.05) is 5.32 Å². The quantitative estimate of drug-likeness (QED) is 0.648. The fourth-order valence-corrected chi connectivity index (χ4v) is 2.05. The van der Waals surface area contributed by atoms with E-state index < -0.39 is 0 Å². The minimum Gasteiger partial charge on any atom is -0.308 e. The minimum atomic E-state index is -0.0839. The molecular formula is C11H11Br2N3O. The van der Waals surface area contributed by atoms with Gasteiger partial charge in [-0.1, -0.05) is 0 Å². The maximum atomic E-state index is 11.5. The Hall–Kier alpha value is -0.930. The summed E-state index contributed by atoms with van der Waals surface area (Å²) in [6.07, 6.45) is 9.42. The second-order valence-electron chi connectivity index (χ2n) is 3.29. The molecule has 1 N–H and O–H groups in total. The predicted molar refractivity (Wildman–Crippen MR) is 73.4 cm³/mol. The van der Waals surface area contributed by atoms with E-state index in [1.54, 1.807) is 0 Å². The molecule has 0 aliphatic carbocycles. The van der Waals surface area contributed by atoms with Crippen molar-refractivity contribution in [3.05, 3.63) is 15.4 Å². The van der Waals surface area contributed by atoms with Crippen molar-refractivity contribution in [2.24, 2.45) is 0 Å². The molecule has 0 fully saturated rings. The van der Waals surface area contributed by atoms with Crippen molar-refractivity contribution in [2.45, 2.75) is 25.7 Å². The van der Waals surface area contributed by atoms with Crippen molar-refractivity contribution >= 4 is 43.6 Å². The largest absolute Gasteiger partial charge is 0.308 e. The molecule has 0 aliphatic heterocycles. The van der Waals surface area contributed by atoms with Crippen LogP contribution in [-0.4, -0.2) is 15.9 Å². The first-order chi connectivity index (χ1) is 8.13. The van der Waals surface area contributed by atoms with Crippen LogP contribution in [0.15, 0.2) is 15.4 Å². The molecule has 4 nitrogen and oxygen atoms in total. The van der Waals surface area contributed by atoms with E-state index in [0.717, 1.165) is 12.8 Å². The van der Waals surface area contributed by atoms with Crippen LogP contribution in [0.3, 0.4) is 0 Å². The molecule has 90 valence electrons.